The summed E-state index contributed by atoms with van der Waals surface area (Å²) in [6.07, 6.45) is 4.17. The van der Waals surface area contributed by atoms with Gasteiger partial charge in [0.2, 0.25) is 5.91 Å². The molecule has 136 valence electrons. The molecule has 3 aliphatic rings. The van der Waals surface area contributed by atoms with Crippen LogP contribution in [0.25, 0.3) is 0 Å². The average molecular weight is 363 g/mol. The summed E-state index contributed by atoms with van der Waals surface area (Å²) in [6.45, 7) is 3.88. The van der Waals surface area contributed by atoms with Crippen LogP contribution in [0.5, 0.6) is 0 Å². The van der Waals surface area contributed by atoms with Crippen molar-refractivity contribution in [3.05, 3.63) is 21.4 Å². The number of carbonyl (C=O) groups is 2. The molecule has 0 atom stereocenters. The fourth-order valence-electron chi connectivity index (χ4n) is 4.29. The zero-order valence-corrected chi connectivity index (χ0v) is 15.2. The van der Waals surface area contributed by atoms with Gasteiger partial charge in [-0.25, -0.2) is 0 Å². The summed E-state index contributed by atoms with van der Waals surface area (Å²) in [5.41, 5.74) is 6.42. The van der Waals surface area contributed by atoms with Gasteiger partial charge in [0.15, 0.2) is 0 Å². The normalized spacial score (nSPS) is 23.4. The van der Waals surface area contributed by atoms with Gasteiger partial charge in [-0.1, -0.05) is 0 Å². The quantitative estimate of drug-likeness (QED) is 0.828. The van der Waals surface area contributed by atoms with Crippen LogP contribution >= 0.6 is 11.3 Å². The van der Waals surface area contributed by atoms with E-state index in [9.17, 15) is 9.59 Å². The Hall–Kier alpha value is -1.44. The number of nitrogens with two attached hydrogens (primary N) is 1. The van der Waals surface area contributed by atoms with Crippen molar-refractivity contribution in [3.63, 3.8) is 0 Å². The molecule has 1 aromatic heterocycles. The summed E-state index contributed by atoms with van der Waals surface area (Å²) >= 11 is 1.63. The fourth-order valence-corrected chi connectivity index (χ4v) is 5.49. The highest BCUT2D eigenvalue weighted by Gasteiger charge is 2.41. The van der Waals surface area contributed by atoms with Gasteiger partial charge in [-0.2, -0.15) is 0 Å². The number of carbonyl (C=O) groups excluding carboxylic acids is 2. The number of hydrogen-bond donors (Lipinski definition) is 2. The van der Waals surface area contributed by atoms with Crippen molar-refractivity contribution in [2.24, 2.45) is 11.7 Å². The monoisotopic (exact) mass is 363 g/mol. The minimum absolute atomic E-state index is 0.0893. The molecule has 2 saturated heterocycles. The summed E-state index contributed by atoms with van der Waals surface area (Å²) in [5, 5.41) is 3.39. The Kier molecular flexibility index (Phi) is 4.56. The smallest absolute Gasteiger partial charge is 0.263 e. The van der Waals surface area contributed by atoms with Crippen LogP contribution in [0.4, 0.5) is 0 Å². The molecule has 0 aliphatic carbocycles. The van der Waals surface area contributed by atoms with E-state index >= 15 is 0 Å². The molecule has 1 spiro atoms. The van der Waals surface area contributed by atoms with Gasteiger partial charge in [-0.3, -0.25) is 9.59 Å². The van der Waals surface area contributed by atoms with Crippen molar-refractivity contribution >= 4 is 23.2 Å². The van der Waals surface area contributed by atoms with E-state index in [4.69, 9.17) is 10.5 Å². The number of nitrogens with one attached hydrogen (secondary N) is 1. The van der Waals surface area contributed by atoms with Crippen LogP contribution in [-0.2, 0) is 21.6 Å². The second kappa shape index (κ2) is 6.70. The third-order valence-electron chi connectivity index (χ3n) is 5.81. The first-order valence-corrected chi connectivity index (χ1v) is 9.97. The Morgan fingerprint density at radius 2 is 2.00 bits per heavy atom. The number of likely N-dealkylation sites (tertiary alicyclic amines) is 1. The van der Waals surface area contributed by atoms with E-state index in [1.807, 2.05) is 4.90 Å². The first-order chi connectivity index (χ1) is 12.1. The van der Waals surface area contributed by atoms with Crippen molar-refractivity contribution in [3.8, 4) is 0 Å². The Balaban J connectivity index is 1.52. The lowest BCUT2D eigenvalue weighted by Gasteiger charge is -2.40. The minimum atomic E-state index is -0.247. The fraction of sp³-hybridized carbons (Fsp3) is 0.667. The molecule has 2 fully saturated rings. The number of hydrogen-bond acceptors (Lipinski definition) is 5. The van der Waals surface area contributed by atoms with Gasteiger partial charge in [0, 0.05) is 30.3 Å². The number of primary amides is 1. The molecule has 4 heterocycles. The predicted octanol–water partition coefficient (Wildman–Crippen LogP) is 1.24. The third kappa shape index (κ3) is 3.09. The van der Waals surface area contributed by atoms with Gasteiger partial charge in [0.05, 0.1) is 17.1 Å². The number of amides is 2. The Bertz CT molecular complexity index is 673. The maximum absolute atomic E-state index is 12.9. The van der Waals surface area contributed by atoms with Gasteiger partial charge < -0.3 is 20.7 Å². The van der Waals surface area contributed by atoms with Gasteiger partial charge in [0.25, 0.3) is 5.91 Å². The number of thiophene rings is 1. The highest BCUT2D eigenvalue weighted by Crippen LogP contribution is 2.43. The highest BCUT2D eigenvalue weighted by molar-refractivity contribution is 7.14. The maximum atomic E-state index is 12.9. The molecule has 0 bridgehead atoms. The van der Waals surface area contributed by atoms with Crippen molar-refractivity contribution in [1.82, 2.24) is 10.2 Å². The van der Waals surface area contributed by atoms with Crippen LogP contribution in [0.1, 0.15) is 45.8 Å². The predicted molar refractivity (Wildman–Crippen MR) is 95.6 cm³/mol. The first-order valence-electron chi connectivity index (χ1n) is 9.15. The lowest BCUT2D eigenvalue weighted by Crippen LogP contribution is -2.44. The van der Waals surface area contributed by atoms with Crippen LogP contribution < -0.4 is 11.1 Å². The third-order valence-corrected chi connectivity index (χ3v) is 7.00. The molecule has 6 nitrogen and oxygen atoms in total. The lowest BCUT2D eigenvalue weighted by atomic mass is 9.83. The molecule has 0 aromatic carbocycles. The van der Waals surface area contributed by atoms with Crippen LogP contribution in [0, 0.1) is 5.92 Å². The minimum Gasteiger partial charge on any atom is -0.370 e. The zero-order valence-electron chi connectivity index (χ0n) is 14.4. The maximum Gasteiger partial charge on any atom is 0.263 e. The van der Waals surface area contributed by atoms with Crippen molar-refractivity contribution < 1.29 is 14.3 Å². The largest absolute Gasteiger partial charge is 0.370 e. The first kappa shape index (κ1) is 17.0. The van der Waals surface area contributed by atoms with Gasteiger partial charge in [-0.05, 0) is 50.4 Å². The van der Waals surface area contributed by atoms with E-state index in [1.54, 1.807) is 11.3 Å². The second-order valence-corrected chi connectivity index (χ2v) is 8.40. The Morgan fingerprint density at radius 1 is 1.28 bits per heavy atom. The Labute approximate surface area is 151 Å². The van der Waals surface area contributed by atoms with E-state index in [1.165, 1.54) is 10.4 Å². The number of piperidine rings is 2. The van der Waals surface area contributed by atoms with Crippen LogP contribution in [0.15, 0.2) is 6.07 Å². The lowest BCUT2D eigenvalue weighted by molar-refractivity contribution is -0.123. The summed E-state index contributed by atoms with van der Waals surface area (Å²) in [4.78, 5) is 28.2. The average Bonchev–Trinajstić information content (AvgIpc) is 3.08. The van der Waals surface area contributed by atoms with E-state index in [0.29, 0.717) is 25.9 Å². The van der Waals surface area contributed by atoms with E-state index in [0.717, 1.165) is 43.8 Å². The number of ether oxygens (including phenoxy) is 1. The van der Waals surface area contributed by atoms with Crippen molar-refractivity contribution in [2.75, 3.05) is 32.8 Å². The molecule has 3 aliphatic heterocycles. The number of rotatable bonds is 2. The summed E-state index contributed by atoms with van der Waals surface area (Å²) in [6, 6.07) is 2.08. The molecule has 2 amide bonds. The van der Waals surface area contributed by atoms with Gasteiger partial charge in [0.1, 0.15) is 0 Å². The molecule has 4 rings (SSSR count). The summed E-state index contributed by atoms with van der Waals surface area (Å²) in [7, 11) is 0. The van der Waals surface area contributed by atoms with Crippen molar-refractivity contribution in [2.45, 2.75) is 37.7 Å². The number of fused-ring (bicyclic) bond motifs is 2. The molecule has 0 saturated carbocycles. The molecular weight excluding hydrogens is 338 g/mol. The summed E-state index contributed by atoms with van der Waals surface area (Å²) < 4.78 is 6.20. The number of nitrogens with zero attached hydrogens (tertiary/aromatic N) is 1. The Morgan fingerprint density at radius 3 is 2.68 bits per heavy atom. The highest BCUT2D eigenvalue weighted by atomic mass is 32.1. The van der Waals surface area contributed by atoms with Gasteiger partial charge >= 0.3 is 0 Å². The molecule has 1 aromatic rings. The molecule has 0 unspecified atom stereocenters. The van der Waals surface area contributed by atoms with E-state index in [-0.39, 0.29) is 23.3 Å². The van der Waals surface area contributed by atoms with Crippen LogP contribution in [0.3, 0.4) is 0 Å². The molecule has 0 radical (unpaired) electrons. The van der Waals surface area contributed by atoms with Crippen molar-refractivity contribution in [1.29, 1.82) is 0 Å². The van der Waals surface area contributed by atoms with Crippen LogP contribution in [0.2, 0.25) is 0 Å². The molecular formula is C18H25N3O3S. The van der Waals surface area contributed by atoms with Crippen LogP contribution in [-0.4, -0.2) is 49.5 Å². The topological polar surface area (TPSA) is 84.7 Å². The van der Waals surface area contributed by atoms with E-state index < -0.39 is 0 Å². The van der Waals surface area contributed by atoms with E-state index in [2.05, 4.69) is 11.4 Å². The molecule has 7 heteroatoms. The SMILES string of the molecule is NC(=O)C1CCN(C(=O)c2cc3c(s2)CCOC32CCNCC2)CC1. The van der Waals surface area contributed by atoms with Gasteiger partial charge in [-0.15, -0.1) is 11.3 Å². The standard InChI is InChI=1S/C18H25N3O3S/c19-16(22)12-1-8-21(9-2-12)17(23)15-11-13-14(25-15)3-10-24-18(13)4-6-20-7-5-18/h11-12,20H,1-10H2,(H2,19,22). The second-order valence-electron chi connectivity index (χ2n) is 7.26. The zero-order chi connectivity index (χ0) is 17.4. The summed E-state index contributed by atoms with van der Waals surface area (Å²) in [5.74, 6) is -0.248. The molecule has 25 heavy (non-hydrogen) atoms. The molecule has 3 N–H and O–H groups in total.